The first-order valence-corrected chi connectivity index (χ1v) is 22.3. The van der Waals surface area contributed by atoms with Crippen molar-refractivity contribution >= 4 is 5.97 Å². The second-order valence-electron chi connectivity index (χ2n) is 15.5. The Bertz CT molecular complexity index is 823. The molecule has 314 valence electrons. The van der Waals surface area contributed by atoms with Gasteiger partial charge in [-0.3, -0.25) is 4.79 Å². The summed E-state index contributed by atoms with van der Waals surface area (Å²) in [6, 6.07) is 0. The van der Waals surface area contributed by atoms with Gasteiger partial charge in [-0.25, -0.2) is 0 Å². The Morgan fingerprint density at radius 1 is 0.585 bits per heavy atom. The molecule has 0 aromatic carbocycles. The molecule has 1 fully saturated rings. The number of allylic oxidation sites excluding steroid dienone is 2. The van der Waals surface area contributed by atoms with E-state index in [0.29, 0.717) is 13.0 Å². The number of aliphatic hydroxyl groups excluding tert-OH is 4. The van der Waals surface area contributed by atoms with Gasteiger partial charge in [0.25, 0.3) is 0 Å². The van der Waals surface area contributed by atoms with Crippen LogP contribution in [0.3, 0.4) is 0 Å². The summed E-state index contributed by atoms with van der Waals surface area (Å²) in [5, 5.41) is 40.1. The fraction of sp³-hybridized carbons (Fsp3) is 0.932. The first-order chi connectivity index (χ1) is 25.9. The summed E-state index contributed by atoms with van der Waals surface area (Å²) in [5.41, 5.74) is 0. The van der Waals surface area contributed by atoms with Crippen molar-refractivity contribution in [2.24, 2.45) is 0 Å². The van der Waals surface area contributed by atoms with Gasteiger partial charge in [0.15, 0.2) is 6.29 Å². The van der Waals surface area contributed by atoms with Crippen molar-refractivity contribution in [3.8, 4) is 0 Å². The Morgan fingerprint density at radius 2 is 1.04 bits per heavy atom. The monoisotopic (exact) mass is 757 g/mol. The number of unbranched alkanes of at least 4 members (excludes halogenated alkanes) is 25. The molecule has 0 aromatic heterocycles. The molecule has 1 aliphatic rings. The average molecular weight is 757 g/mol. The van der Waals surface area contributed by atoms with Crippen LogP contribution in [0.1, 0.15) is 200 Å². The van der Waals surface area contributed by atoms with Crippen molar-refractivity contribution in [3.63, 3.8) is 0 Å². The lowest BCUT2D eigenvalue weighted by atomic mass is 9.99. The quantitative estimate of drug-likeness (QED) is 0.0276. The van der Waals surface area contributed by atoms with Crippen LogP contribution >= 0.6 is 0 Å². The molecule has 1 heterocycles. The van der Waals surface area contributed by atoms with Crippen molar-refractivity contribution < 1.29 is 44.2 Å². The molecule has 6 unspecified atom stereocenters. The largest absolute Gasteiger partial charge is 0.457 e. The summed E-state index contributed by atoms with van der Waals surface area (Å²) in [5.74, 6) is -0.319. The van der Waals surface area contributed by atoms with Crippen molar-refractivity contribution in [2.45, 2.75) is 237 Å². The lowest BCUT2D eigenvalue weighted by Gasteiger charge is -2.39. The van der Waals surface area contributed by atoms with Gasteiger partial charge in [0.1, 0.15) is 30.5 Å². The van der Waals surface area contributed by atoms with Gasteiger partial charge in [-0.15, -0.1) is 0 Å². The van der Waals surface area contributed by atoms with Crippen LogP contribution in [0, 0.1) is 0 Å². The lowest BCUT2D eigenvalue weighted by molar-refractivity contribution is -0.305. The second-order valence-corrected chi connectivity index (χ2v) is 15.5. The summed E-state index contributed by atoms with van der Waals surface area (Å²) >= 11 is 0. The Morgan fingerprint density at radius 3 is 1.53 bits per heavy atom. The third-order valence-corrected chi connectivity index (χ3v) is 10.4. The Hall–Kier alpha value is -1.07. The van der Waals surface area contributed by atoms with Gasteiger partial charge in [-0.05, 0) is 38.5 Å². The molecule has 9 heteroatoms. The molecule has 4 N–H and O–H groups in total. The third kappa shape index (κ3) is 28.1. The molecule has 0 aliphatic carbocycles. The van der Waals surface area contributed by atoms with E-state index < -0.39 is 43.4 Å². The molecule has 6 atom stereocenters. The molecule has 1 rings (SSSR count). The van der Waals surface area contributed by atoms with Crippen molar-refractivity contribution in [1.82, 2.24) is 0 Å². The molecule has 0 radical (unpaired) electrons. The predicted molar refractivity (Wildman–Crippen MR) is 215 cm³/mol. The van der Waals surface area contributed by atoms with E-state index in [1.54, 1.807) is 0 Å². The molecule has 0 aromatic rings. The first-order valence-electron chi connectivity index (χ1n) is 22.3. The van der Waals surface area contributed by atoms with Gasteiger partial charge in [-0.1, -0.05) is 167 Å². The van der Waals surface area contributed by atoms with Gasteiger partial charge in [0, 0.05) is 13.0 Å². The van der Waals surface area contributed by atoms with Crippen LogP contribution in [0.2, 0.25) is 0 Å². The highest BCUT2D eigenvalue weighted by atomic mass is 16.7. The third-order valence-electron chi connectivity index (χ3n) is 10.4. The maximum Gasteiger partial charge on any atom is 0.306 e. The van der Waals surface area contributed by atoms with Crippen molar-refractivity contribution in [2.75, 3.05) is 26.4 Å². The maximum atomic E-state index is 12.7. The van der Waals surface area contributed by atoms with E-state index in [4.69, 9.17) is 18.9 Å². The molecule has 9 nitrogen and oxygen atoms in total. The molecule has 0 amide bonds. The zero-order valence-electron chi connectivity index (χ0n) is 34.3. The minimum atomic E-state index is -1.53. The number of esters is 1. The number of hydrogen-bond acceptors (Lipinski definition) is 9. The normalized spacial score (nSPS) is 21.1. The van der Waals surface area contributed by atoms with E-state index in [1.165, 1.54) is 135 Å². The van der Waals surface area contributed by atoms with Gasteiger partial charge in [0.05, 0.1) is 19.8 Å². The SMILES string of the molecule is CCCCCCC/C=C\CCCCCCCC(=O)OC(COCCCCCCCCCCCCCCCCCC)COC1OC(CO)C(O)C(O)C1O. The smallest absolute Gasteiger partial charge is 0.306 e. The zero-order valence-corrected chi connectivity index (χ0v) is 34.3. The van der Waals surface area contributed by atoms with E-state index in [0.717, 1.165) is 44.9 Å². The van der Waals surface area contributed by atoms with Crippen LogP contribution in [0.4, 0.5) is 0 Å². The number of ether oxygens (including phenoxy) is 4. The maximum absolute atomic E-state index is 12.7. The van der Waals surface area contributed by atoms with Crippen LogP contribution in [-0.2, 0) is 23.7 Å². The van der Waals surface area contributed by atoms with Crippen LogP contribution in [0.15, 0.2) is 12.2 Å². The van der Waals surface area contributed by atoms with Crippen LogP contribution in [0.5, 0.6) is 0 Å². The number of hydrogen-bond donors (Lipinski definition) is 4. The summed E-state index contributed by atoms with van der Waals surface area (Å²) < 4.78 is 22.8. The number of rotatable bonds is 38. The minimum absolute atomic E-state index is 0.111. The molecule has 0 saturated carbocycles. The van der Waals surface area contributed by atoms with E-state index in [1.807, 2.05) is 0 Å². The molecule has 1 saturated heterocycles. The molecule has 1 aliphatic heterocycles. The van der Waals surface area contributed by atoms with E-state index >= 15 is 0 Å². The highest BCUT2D eigenvalue weighted by molar-refractivity contribution is 5.69. The first kappa shape index (κ1) is 49.9. The lowest BCUT2D eigenvalue weighted by Crippen LogP contribution is -2.59. The minimum Gasteiger partial charge on any atom is -0.457 e. The van der Waals surface area contributed by atoms with E-state index in [9.17, 15) is 25.2 Å². The number of carbonyl (C=O) groups excluding carboxylic acids is 1. The Kier molecular flexibility index (Phi) is 34.5. The molecule has 0 spiro atoms. The number of carbonyl (C=O) groups is 1. The summed E-state index contributed by atoms with van der Waals surface area (Å²) in [4.78, 5) is 12.7. The fourth-order valence-corrected chi connectivity index (χ4v) is 6.90. The van der Waals surface area contributed by atoms with Gasteiger partial charge in [-0.2, -0.15) is 0 Å². The average Bonchev–Trinajstić information content (AvgIpc) is 3.16. The van der Waals surface area contributed by atoms with Crippen LogP contribution in [0.25, 0.3) is 0 Å². The molecular weight excluding hydrogens is 672 g/mol. The molecule has 53 heavy (non-hydrogen) atoms. The Balaban J connectivity index is 2.26. The van der Waals surface area contributed by atoms with E-state index in [-0.39, 0.29) is 19.2 Å². The predicted octanol–water partition coefficient (Wildman–Crippen LogP) is 9.64. The second kappa shape index (κ2) is 36.6. The van der Waals surface area contributed by atoms with E-state index in [2.05, 4.69) is 26.0 Å². The highest BCUT2D eigenvalue weighted by Gasteiger charge is 2.44. The standard InChI is InChI=1S/C44H84O9/c1-3-5-7-9-11-13-15-17-19-20-22-24-26-28-30-32-34-50-36-38(37-51-44-43(49)42(48)41(47)39(35-45)53-44)52-40(46)33-31-29-27-25-23-21-18-16-14-12-10-8-6-4-2/h16,18,38-39,41-45,47-49H,3-15,17,19-37H2,1-2H3/b18-16-. The summed E-state index contributed by atoms with van der Waals surface area (Å²) in [7, 11) is 0. The summed E-state index contributed by atoms with van der Waals surface area (Å²) in [6.45, 7) is 4.57. The Labute approximate surface area is 325 Å². The van der Waals surface area contributed by atoms with Gasteiger partial charge >= 0.3 is 5.97 Å². The molecular formula is C44H84O9. The van der Waals surface area contributed by atoms with Gasteiger partial charge < -0.3 is 39.4 Å². The summed E-state index contributed by atoms with van der Waals surface area (Å²) in [6.07, 6.45) is 32.3. The topological polar surface area (TPSA) is 135 Å². The zero-order chi connectivity index (χ0) is 38.6. The van der Waals surface area contributed by atoms with Gasteiger partial charge in [0.2, 0.25) is 0 Å². The van der Waals surface area contributed by atoms with Crippen LogP contribution < -0.4 is 0 Å². The highest BCUT2D eigenvalue weighted by Crippen LogP contribution is 2.22. The van der Waals surface area contributed by atoms with Crippen molar-refractivity contribution in [3.05, 3.63) is 12.2 Å². The van der Waals surface area contributed by atoms with Crippen LogP contribution in [-0.4, -0.2) is 89.6 Å². The number of aliphatic hydroxyl groups is 4. The van der Waals surface area contributed by atoms with Crippen molar-refractivity contribution in [1.29, 1.82) is 0 Å². The fourth-order valence-electron chi connectivity index (χ4n) is 6.90. The molecule has 0 bridgehead atoms.